The molecule has 7 aliphatic rings. The molecule has 3 spiro atoms. The Morgan fingerprint density at radius 2 is 1.03 bits per heavy atom. The van der Waals surface area contributed by atoms with Gasteiger partial charge in [0.05, 0.1) is 41.6 Å². The van der Waals surface area contributed by atoms with Crippen LogP contribution in [0, 0.1) is 0 Å². The highest BCUT2D eigenvalue weighted by Crippen LogP contribution is 2.47. The van der Waals surface area contributed by atoms with E-state index in [0.717, 1.165) is 144 Å². The minimum Gasteiger partial charge on any atom is -0.368 e. The van der Waals surface area contributed by atoms with E-state index in [1.807, 2.05) is 30.5 Å². The van der Waals surface area contributed by atoms with Crippen LogP contribution in [0.5, 0.6) is 0 Å². The van der Waals surface area contributed by atoms with E-state index in [-0.39, 0.29) is 23.3 Å². The highest BCUT2D eigenvalue weighted by atomic mass is 16.2. The van der Waals surface area contributed by atoms with Crippen LogP contribution in [-0.2, 0) is 16.6 Å². The minimum absolute atomic E-state index is 0.100. The largest absolute Gasteiger partial charge is 0.368 e. The summed E-state index contributed by atoms with van der Waals surface area (Å²) in [5, 5.41) is 8.83. The molecule has 3 saturated carbocycles. The van der Waals surface area contributed by atoms with Gasteiger partial charge in [-0.2, -0.15) is 15.0 Å². The molecule has 2 N–H and O–H groups in total. The number of pyridine rings is 1. The van der Waals surface area contributed by atoms with E-state index in [0.29, 0.717) is 71.7 Å². The van der Waals surface area contributed by atoms with Crippen LogP contribution in [0.2, 0.25) is 0 Å². The Labute approximate surface area is 410 Å². The molecule has 14 rings (SSSR count). The summed E-state index contributed by atoms with van der Waals surface area (Å²) in [6.07, 6.45) is 22.3. The fraction of sp³-hybridized carbons (Fsp3) is 0.500. The summed E-state index contributed by atoms with van der Waals surface area (Å²) in [7, 11) is 2.15. The lowest BCUT2D eigenvalue weighted by atomic mass is 9.79. The van der Waals surface area contributed by atoms with Crippen molar-refractivity contribution in [3.8, 4) is 0 Å². The molecule has 19 nitrogen and oxygen atoms in total. The number of hydrogen-bond donors (Lipinski definition) is 2. The highest BCUT2D eigenvalue weighted by Gasteiger charge is 2.49. The van der Waals surface area contributed by atoms with Crippen molar-refractivity contribution in [3.05, 3.63) is 72.2 Å². The second-order valence-electron chi connectivity index (χ2n) is 21.6. The third-order valence-electron chi connectivity index (χ3n) is 17.4. The quantitative estimate of drug-likeness (QED) is 0.182. The zero-order valence-corrected chi connectivity index (χ0v) is 40.2. The van der Waals surface area contributed by atoms with Gasteiger partial charge in [0.1, 0.15) is 39.8 Å². The van der Waals surface area contributed by atoms with Gasteiger partial charge in [0, 0.05) is 67.5 Å². The number of likely N-dealkylation sites (N-methyl/N-ethyl adjacent to an activating group) is 1. The first kappa shape index (κ1) is 42.8. The topological polar surface area (TPSA) is 193 Å². The van der Waals surface area contributed by atoms with E-state index in [1.165, 1.54) is 6.42 Å². The summed E-state index contributed by atoms with van der Waals surface area (Å²) < 4.78 is 6.52. The Hall–Kier alpha value is -7.02. The lowest BCUT2D eigenvalue weighted by molar-refractivity contribution is 0.0832. The summed E-state index contributed by atoms with van der Waals surface area (Å²) in [6, 6.07) is 9.79. The van der Waals surface area contributed by atoms with Crippen LogP contribution >= 0.6 is 0 Å². The molecule has 364 valence electrons. The van der Waals surface area contributed by atoms with Crippen LogP contribution in [-0.4, -0.2) is 124 Å². The maximum atomic E-state index is 15.0. The van der Waals surface area contributed by atoms with Crippen molar-refractivity contribution in [1.29, 1.82) is 0 Å². The zero-order chi connectivity index (χ0) is 47.6. The number of nitrogens with zero attached hydrogens (tertiary/aromatic N) is 14. The van der Waals surface area contributed by atoms with Crippen molar-refractivity contribution in [3.63, 3.8) is 0 Å². The lowest BCUT2D eigenvalue weighted by Crippen LogP contribution is -2.55. The maximum absolute atomic E-state index is 15.0. The SMILES string of the molecule is CN1CCN(c2ccc(Nc3ncc4cc5n(c4n3)C3(CCCCC3)CN(c3ncc4cc6n(c4n3)C3(CCCCC3)CN(c3ncc4cc7n(c4n3)C3(CCCCC3)CNC7=O)C6=O)C5=O)nc2)CC1. The molecule has 0 radical (unpaired) electrons. The number of anilines is 5. The molecule has 0 unspecified atom stereocenters. The van der Waals surface area contributed by atoms with Crippen molar-refractivity contribution in [2.24, 2.45) is 0 Å². The van der Waals surface area contributed by atoms with Crippen LogP contribution in [0.3, 0.4) is 0 Å². The molecule has 71 heavy (non-hydrogen) atoms. The lowest BCUT2D eigenvalue weighted by Gasteiger charge is -2.46. The van der Waals surface area contributed by atoms with Crippen LogP contribution in [0.25, 0.3) is 33.1 Å². The molecular formula is C52H58N16O3. The average Bonchev–Trinajstić information content (AvgIpc) is 4.12. The van der Waals surface area contributed by atoms with Gasteiger partial charge in [0.2, 0.25) is 17.8 Å². The number of hydrogen-bond acceptors (Lipinski definition) is 13. The average molecular weight is 955 g/mol. The smallest absolute Gasteiger partial charge is 0.277 e. The van der Waals surface area contributed by atoms with Gasteiger partial charge in [0.15, 0.2) is 0 Å². The van der Waals surface area contributed by atoms with Crippen LogP contribution in [0.1, 0.15) is 128 Å². The van der Waals surface area contributed by atoms with Crippen molar-refractivity contribution in [2.45, 2.75) is 113 Å². The third-order valence-corrected chi connectivity index (χ3v) is 17.4. The van der Waals surface area contributed by atoms with Gasteiger partial charge in [-0.25, -0.2) is 19.9 Å². The molecule has 1 saturated heterocycles. The van der Waals surface area contributed by atoms with Crippen LogP contribution in [0.15, 0.2) is 55.1 Å². The molecule has 7 aromatic heterocycles. The van der Waals surface area contributed by atoms with Gasteiger partial charge in [-0.05, 0) is 75.9 Å². The Morgan fingerprint density at radius 3 is 1.56 bits per heavy atom. The molecule has 4 fully saturated rings. The summed E-state index contributed by atoms with van der Waals surface area (Å²) in [4.78, 5) is 86.3. The maximum Gasteiger partial charge on any atom is 0.277 e. The normalized spacial score (nSPS) is 21.9. The van der Waals surface area contributed by atoms with Gasteiger partial charge >= 0.3 is 0 Å². The first-order valence-electron chi connectivity index (χ1n) is 25.9. The van der Waals surface area contributed by atoms with Gasteiger partial charge in [-0.15, -0.1) is 0 Å². The zero-order valence-electron chi connectivity index (χ0n) is 40.2. The fourth-order valence-corrected chi connectivity index (χ4v) is 13.7. The Balaban J connectivity index is 0.810. The number of rotatable bonds is 5. The standard InChI is InChI=1S/C52H58N16O3/c1-62-19-21-63(22-20-62)36-11-12-40(53-29-36)58-47-54-26-34-24-38-45(70)64(31-51(15-7-3-8-16-51)67(38)41(34)59-47)49-56-28-35-25-39-46(71)65(32-52(17-9-4-10-18-52)68(39)43(35)61-49)48-55-27-33-23-37-44(69)57-30-50(13-5-2-6-14-50)66(37)42(33)60-48/h11-12,23-29H,2-10,13-22,30-32H2,1H3,(H,57,69)(H,53,54,58,59). The molecule has 4 aliphatic heterocycles. The second kappa shape index (κ2) is 16.0. The highest BCUT2D eigenvalue weighted by molar-refractivity contribution is 6.10. The molecule has 7 aromatic rings. The van der Waals surface area contributed by atoms with E-state index in [2.05, 4.69) is 47.2 Å². The van der Waals surface area contributed by atoms with Crippen molar-refractivity contribution < 1.29 is 14.4 Å². The Morgan fingerprint density at radius 1 is 0.535 bits per heavy atom. The summed E-state index contributed by atoms with van der Waals surface area (Å²) in [6.45, 7) is 5.33. The van der Waals surface area contributed by atoms with Crippen LogP contribution in [0.4, 0.5) is 29.4 Å². The number of carbonyl (C=O) groups excluding carboxylic acids is 3. The Bertz CT molecular complexity index is 3310. The minimum atomic E-state index is -0.480. The Kier molecular flexibility index (Phi) is 9.65. The molecule has 19 heteroatoms. The van der Waals surface area contributed by atoms with E-state index in [4.69, 9.17) is 34.9 Å². The van der Waals surface area contributed by atoms with Gasteiger partial charge in [-0.3, -0.25) is 24.2 Å². The number of aromatic nitrogens is 10. The number of carbonyl (C=O) groups is 3. The first-order valence-corrected chi connectivity index (χ1v) is 25.9. The van der Waals surface area contributed by atoms with E-state index < -0.39 is 11.1 Å². The van der Waals surface area contributed by atoms with Crippen molar-refractivity contribution in [2.75, 3.05) is 72.9 Å². The van der Waals surface area contributed by atoms with Crippen molar-refractivity contribution in [1.82, 2.24) is 58.8 Å². The van der Waals surface area contributed by atoms with Gasteiger partial charge in [-0.1, -0.05) is 57.8 Å². The number of piperazine rings is 1. The molecule has 0 aromatic carbocycles. The third kappa shape index (κ3) is 6.63. The number of amides is 3. The summed E-state index contributed by atoms with van der Waals surface area (Å²) in [5.41, 5.74) is 3.69. The molecule has 3 amide bonds. The predicted molar refractivity (Wildman–Crippen MR) is 269 cm³/mol. The molecule has 11 heterocycles. The molecule has 3 aliphatic carbocycles. The van der Waals surface area contributed by atoms with Crippen molar-refractivity contribution >= 4 is 80.2 Å². The van der Waals surface area contributed by atoms with Gasteiger partial charge in [0.25, 0.3) is 17.7 Å². The summed E-state index contributed by atoms with van der Waals surface area (Å²) in [5.74, 6) is 1.26. The van der Waals surface area contributed by atoms with E-state index in [9.17, 15) is 9.59 Å². The fourth-order valence-electron chi connectivity index (χ4n) is 13.7. The monoisotopic (exact) mass is 954 g/mol. The van der Waals surface area contributed by atoms with Gasteiger partial charge < -0.3 is 34.1 Å². The molecular weight excluding hydrogens is 897 g/mol. The number of fused-ring (bicyclic) bond motifs is 12. The van der Waals surface area contributed by atoms with E-state index >= 15 is 4.79 Å². The van der Waals surface area contributed by atoms with Crippen LogP contribution < -0.4 is 25.3 Å². The molecule has 0 bridgehead atoms. The second-order valence-corrected chi connectivity index (χ2v) is 21.6. The molecule has 0 atom stereocenters. The first-order chi connectivity index (χ1) is 34.7. The predicted octanol–water partition coefficient (Wildman–Crippen LogP) is 6.85. The number of nitrogens with one attached hydrogen (secondary N) is 2. The summed E-state index contributed by atoms with van der Waals surface area (Å²) >= 11 is 0. The van der Waals surface area contributed by atoms with E-state index in [1.54, 1.807) is 28.4 Å².